The second kappa shape index (κ2) is 5.64. The van der Waals surface area contributed by atoms with Crippen LogP contribution in [0.25, 0.3) is 11.4 Å². The van der Waals surface area contributed by atoms with E-state index in [2.05, 4.69) is 17.1 Å². The van der Waals surface area contributed by atoms with Gasteiger partial charge in [-0.1, -0.05) is 24.9 Å². The summed E-state index contributed by atoms with van der Waals surface area (Å²) in [5.74, 6) is 1.17. The van der Waals surface area contributed by atoms with E-state index >= 15 is 0 Å². The van der Waals surface area contributed by atoms with Gasteiger partial charge in [-0.25, -0.2) is 0 Å². The van der Waals surface area contributed by atoms with Crippen LogP contribution in [0, 0.1) is 0 Å². The molecule has 1 atom stereocenters. The second-order valence-corrected chi connectivity index (χ2v) is 4.25. The van der Waals surface area contributed by atoms with Gasteiger partial charge in [0.1, 0.15) is 5.75 Å². The van der Waals surface area contributed by atoms with Crippen molar-refractivity contribution in [3.63, 3.8) is 0 Å². The summed E-state index contributed by atoms with van der Waals surface area (Å²) in [6, 6.07) is 6.44. The van der Waals surface area contributed by atoms with Crippen molar-refractivity contribution in [3.8, 4) is 17.1 Å². The number of nitrogens with two attached hydrogens (primary N) is 1. The molecule has 0 aliphatic heterocycles. The summed E-state index contributed by atoms with van der Waals surface area (Å²) in [5, 5.41) is 13.1. The van der Waals surface area contributed by atoms with Crippen LogP contribution in [0.3, 0.4) is 0 Å². The molecule has 2 rings (SSSR count). The number of unbranched alkanes of at least 4 members (excludes halogenated alkanes) is 1. The topological polar surface area (TPSA) is 85.2 Å². The molecular formula is C13H17N3O2. The Labute approximate surface area is 106 Å². The van der Waals surface area contributed by atoms with Crippen LogP contribution in [0.1, 0.15) is 38.1 Å². The lowest BCUT2D eigenvalue weighted by Crippen LogP contribution is -2.10. The van der Waals surface area contributed by atoms with Crippen molar-refractivity contribution in [2.45, 2.75) is 32.2 Å². The maximum Gasteiger partial charge on any atom is 0.243 e. The van der Waals surface area contributed by atoms with Crippen LogP contribution in [0.4, 0.5) is 0 Å². The van der Waals surface area contributed by atoms with Gasteiger partial charge in [0, 0.05) is 5.56 Å². The Hall–Kier alpha value is -1.88. The van der Waals surface area contributed by atoms with E-state index in [1.807, 2.05) is 0 Å². The number of hydrogen-bond acceptors (Lipinski definition) is 5. The normalized spacial score (nSPS) is 12.6. The Kier molecular flexibility index (Phi) is 3.94. The average molecular weight is 247 g/mol. The van der Waals surface area contributed by atoms with Gasteiger partial charge in [0.2, 0.25) is 11.7 Å². The average Bonchev–Trinajstić information content (AvgIpc) is 2.86. The summed E-state index contributed by atoms with van der Waals surface area (Å²) in [4.78, 5) is 4.28. The number of phenolic OH excluding ortho intramolecular Hbond substituents is 1. The smallest absolute Gasteiger partial charge is 0.243 e. The third-order valence-corrected chi connectivity index (χ3v) is 2.75. The highest BCUT2D eigenvalue weighted by Crippen LogP contribution is 2.21. The first-order valence-corrected chi connectivity index (χ1v) is 6.09. The van der Waals surface area contributed by atoms with Crippen molar-refractivity contribution < 1.29 is 9.63 Å². The summed E-state index contributed by atoms with van der Waals surface area (Å²) in [6.45, 7) is 2.11. The molecule has 0 unspecified atom stereocenters. The first-order valence-electron chi connectivity index (χ1n) is 6.09. The Bertz CT molecular complexity index is 493. The lowest BCUT2D eigenvalue weighted by Gasteiger charge is -2.03. The fourth-order valence-electron chi connectivity index (χ4n) is 1.66. The zero-order chi connectivity index (χ0) is 13.0. The second-order valence-electron chi connectivity index (χ2n) is 4.25. The lowest BCUT2D eigenvalue weighted by atomic mass is 10.1. The van der Waals surface area contributed by atoms with Crippen molar-refractivity contribution >= 4 is 0 Å². The van der Waals surface area contributed by atoms with Crippen molar-refractivity contribution in [2.75, 3.05) is 0 Å². The van der Waals surface area contributed by atoms with Gasteiger partial charge in [-0.3, -0.25) is 0 Å². The molecule has 0 saturated heterocycles. The highest BCUT2D eigenvalue weighted by Gasteiger charge is 2.15. The van der Waals surface area contributed by atoms with E-state index < -0.39 is 0 Å². The molecule has 1 heterocycles. The zero-order valence-electron chi connectivity index (χ0n) is 10.3. The first-order chi connectivity index (χ1) is 8.70. The van der Waals surface area contributed by atoms with Crippen LogP contribution >= 0.6 is 0 Å². The Balaban J connectivity index is 2.12. The van der Waals surface area contributed by atoms with E-state index in [0.717, 1.165) is 24.8 Å². The lowest BCUT2D eigenvalue weighted by molar-refractivity contribution is 0.346. The summed E-state index contributed by atoms with van der Waals surface area (Å²) >= 11 is 0. The molecule has 5 heteroatoms. The van der Waals surface area contributed by atoms with E-state index in [4.69, 9.17) is 10.3 Å². The van der Waals surface area contributed by atoms with Gasteiger partial charge in [0.15, 0.2) is 0 Å². The van der Waals surface area contributed by atoms with Gasteiger partial charge in [0.25, 0.3) is 0 Å². The summed E-state index contributed by atoms with van der Waals surface area (Å²) in [7, 11) is 0. The summed E-state index contributed by atoms with van der Waals surface area (Å²) < 4.78 is 5.16. The van der Waals surface area contributed by atoms with Crippen LogP contribution < -0.4 is 5.73 Å². The highest BCUT2D eigenvalue weighted by atomic mass is 16.5. The molecule has 3 N–H and O–H groups in total. The molecule has 0 aliphatic rings. The van der Waals surface area contributed by atoms with Gasteiger partial charge in [0.05, 0.1) is 6.04 Å². The van der Waals surface area contributed by atoms with Crippen molar-refractivity contribution in [1.82, 2.24) is 10.1 Å². The van der Waals surface area contributed by atoms with Gasteiger partial charge < -0.3 is 15.4 Å². The summed E-state index contributed by atoms with van der Waals surface area (Å²) in [5.41, 5.74) is 6.76. The predicted octanol–water partition coefficient (Wildman–Crippen LogP) is 2.63. The quantitative estimate of drug-likeness (QED) is 0.848. The minimum Gasteiger partial charge on any atom is -0.508 e. The number of benzene rings is 1. The fourth-order valence-corrected chi connectivity index (χ4v) is 1.66. The molecule has 0 aliphatic carbocycles. The number of nitrogens with zero attached hydrogens (tertiary/aromatic N) is 2. The van der Waals surface area contributed by atoms with Crippen LogP contribution in [0.2, 0.25) is 0 Å². The third kappa shape index (κ3) is 2.87. The van der Waals surface area contributed by atoms with Crippen LogP contribution in [-0.4, -0.2) is 15.2 Å². The molecule has 0 saturated carbocycles. The van der Waals surface area contributed by atoms with Crippen molar-refractivity contribution in [2.24, 2.45) is 5.73 Å². The third-order valence-electron chi connectivity index (χ3n) is 2.75. The number of aromatic nitrogens is 2. The largest absolute Gasteiger partial charge is 0.508 e. The van der Waals surface area contributed by atoms with E-state index in [1.165, 1.54) is 0 Å². The van der Waals surface area contributed by atoms with Crippen molar-refractivity contribution in [1.29, 1.82) is 0 Å². The summed E-state index contributed by atoms with van der Waals surface area (Å²) in [6.07, 6.45) is 2.97. The van der Waals surface area contributed by atoms with Crippen LogP contribution in [0.5, 0.6) is 5.75 Å². The van der Waals surface area contributed by atoms with E-state index in [0.29, 0.717) is 11.7 Å². The Morgan fingerprint density at radius 3 is 2.72 bits per heavy atom. The first kappa shape index (κ1) is 12.6. The molecule has 0 bridgehead atoms. The monoisotopic (exact) mass is 247 g/mol. The molecule has 1 aromatic heterocycles. The molecule has 0 radical (unpaired) electrons. The number of hydrogen-bond donors (Lipinski definition) is 2. The molecular weight excluding hydrogens is 230 g/mol. The molecule has 0 fully saturated rings. The maximum absolute atomic E-state index is 9.21. The van der Waals surface area contributed by atoms with Gasteiger partial charge in [-0.05, 0) is 30.7 Å². The molecule has 0 spiro atoms. The van der Waals surface area contributed by atoms with Gasteiger partial charge in [-0.2, -0.15) is 4.98 Å². The molecule has 1 aromatic carbocycles. The number of phenols is 1. The van der Waals surface area contributed by atoms with Crippen molar-refractivity contribution in [3.05, 3.63) is 30.2 Å². The molecule has 96 valence electrons. The van der Waals surface area contributed by atoms with E-state index in [-0.39, 0.29) is 11.8 Å². The standard InChI is InChI=1S/C13H17N3O2/c1-2-3-4-11(14)13-15-12(16-18-13)9-5-7-10(17)8-6-9/h5-8,11,17H,2-4,14H2,1H3/t11-/m0/s1. The minimum absolute atomic E-state index is 0.205. The SMILES string of the molecule is CCCC[C@H](N)c1nc(-c2ccc(O)cc2)no1. The Morgan fingerprint density at radius 1 is 1.33 bits per heavy atom. The number of rotatable bonds is 5. The van der Waals surface area contributed by atoms with Gasteiger partial charge in [-0.15, -0.1) is 0 Å². The zero-order valence-corrected chi connectivity index (χ0v) is 10.3. The van der Waals surface area contributed by atoms with E-state index in [1.54, 1.807) is 24.3 Å². The highest BCUT2D eigenvalue weighted by molar-refractivity contribution is 5.55. The van der Waals surface area contributed by atoms with Crippen LogP contribution in [0.15, 0.2) is 28.8 Å². The predicted molar refractivity (Wildman–Crippen MR) is 67.9 cm³/mol. The molecule has 5 nitrogen and oxygen atoms in total. The maximum atomic E-state index is 9.21. The number of aromatic hydroxyl groups is 1. The van der Waals surface area contributed by atoms with Gasteiger partial charge >= 0.3 is 0 Å². The molecule has 0 amide bonds. The van der Waals surface area contributed by atoms with E-state index in [9.17, 15) is 5.11 Å². The molecule has 18 heavy (non-hydrogen) atoms. The molecule has 2 aromatic rings. The Morgan fingerprint density at radius 2 is 2.06 bits per heavy atom. The minimum atomic E-state index is -0.205. The van der Waals surface area contributed by atoms with Crippen LogP contribution in [-0.2, 0) is 0 Å². The fraction of sp³-hybridized carbons (Fsp3) is 0.385.